The number of sulfonamides is 1. The summed E-state index contributed by atoms with van der Waals surface area (Å²) in [4.78, 5) is -0.133. The molecule has 0 amide bonds. The van der Waals surface area contributed by atoms with Crippen LogP contribution in [0.5, 0.6) is 0 Å². The Kier molecular flexibility index (Phi) is 4.56. The van der Waals surface area contributed by atoms with Gasteiger partial charge in [0.1, 0.15) is 10.9 Å². The van der Waals surface area contributed by atoms with Gasteiger partial charge in [-0.05, 0) is 18.2 Å². The van der Waals surface area contributed by atoms with Crippen molar-refractivity contribution in [2.45, 2.75) is 17.9 Å². The molecular formula is C14H13ClN4O4S. The van der Waals surface area contributed by atoms with Crippen molar-refractivity contribution in [3.05, 3.63) is 40.6 Å². The van der Waals surface area contributed by atoms with Crippen LogP contribution in [0.3, 0.4) is 0 Å². The van der Waals surface area contributed by atoms with Gasteiger partial charge in [0.15, 0.2) is 0 Å². The molecule has 24 heavy (non-hydrogen) atoms. The second-order valence-corrected chi connectivity index (χ2v) is 7.39. The Labute approximate surface area is 143 Å². The van der Waals surface area contributed by atoms with E-state index in [0.717, 1.165) is 0 Å². The summed E-state index contributed by atoms with van der Waals surface area (Å²) in [7, 11) is -3.97. The highest BCUT2D eigenvalue weighted by Gasteiger charge is 2.39. The Morgan fingerprint density at radius 2 is 2.21 bits per heavy atom. The summed E-state index contributed by atoms with van der Waals surface area (Å²) in [5, 5.41) is 16.7. The highest BCUT2D eigenvalue weighted by atomic mass is 35.5. The van der Waals surface area contributed by atoms with Crippen LogP contribution >= 0.6 is 11.6 Å². The van der Waals surface area contributed by atoms with Crippen molar-refractivity contribution >= 4 is 21.6 Å². The van der Waals surface area contributed by atoms with Gasteiger partial charge in [-0.25, -0.2) is 8.42 Å². The van der Waals surface area contributed by atoms with Gasteiger partial charge in [0.2, 0.25) is 21.8 Å². The average Bonchev–Trinajstić information content (AvgIpc) is 3.01. The molecule has 1 saturated heterocycles. The third-order valence-corrected chi connectivity index (χ3v) is 5.94. The fourth-order valence-electron chi connectivity index (χ4n) is 2.41. The quantitative estimate of drug-likeness (QED) is 0.810. The Morgan fingerprint density at radius 3 is 2.88 bits per heavy atom. The third kappa shape index (κ3) is 3.01. The number of nitriles is 1. The van der Waals surface area contributed by atoms with Gasteiger partial charge >= 0.3 is 0 Å². The Bertz CT molecular complexity index is 906. The van der Waals surface area contributed by atoms with Gasteiger partial charge in [-0.15, -0.1) is 10.2 Å². The largest absolute Gasteiger partial charge is 0.424 e. The van der Waals surface area contributed by atoms with Crippen molar-refractivity contribution < 1.29 is 17.6 Å². The normalized spacial score (nSPS) is 19.1. The zero-order valence-corrected chi connectivity index (χ0v) is 14.2. The van der Waals surface area contributed by atoms with Gasteiger partial charge in [0.05, 0.1) is 29.9 Å². The molecule has 0 spiro atoms. The predicted molar refractivity (Wildman–Crippen MR) is 82.7 cm³/mol. The summed E-state index contributed by atoms with van der Waals surface area (Å²) in [5.74, 6) is 0.487. The maximum absolute atomic E-state index is 13.1. The van der Waals surface area contributed by atoms with Crippen LogP contribution in [0.25, 0.3) is 0 Å². The van der Waals surface area contributed by atoms with Crippen LogP contribution in [0.15, 0.2) is 27.5 Å². The Hall–Kier alpha value is -1.99. The molecule has 0 saturated carbocycles. The maximum atomic E-state index is 13.1. The lowest BCUT2D eigenvalue weighted by Crippen LogP contribution is -2.43. The van der Waals surface area contributed by atoms with Gasteiger partial charge in [-0.1, -0.05) is 11.6 Å². The predicted octanol–water partition coefficient (Wildman–Crippen LogP) is 1.67. The number of morpholine rings is 1. The standard InChI is InChI=1S/C14H13ClN4O4S/c1-9-17-18-14(23-9)12-8-22-5-4-19(12)24(20,21)13-6-10(7-16)2-3-11(13)15/h2-3,6,12H,4-5,8H2,1H3. The van der Waals surface area contributed by atoms with E-state index in [1.165, 1.54) is 22.5 Å². The van der Waals surface area contributed by atoms with Crippen molar-refractivity contribution in [2.75, 3.05) is 19.8 Å². The lowest BCUT2D eigenvalue weighted by atomic mass is 10.2. The van der Waals surface area contributed by atoms with E-state index in [2.05, 4.69) is 10.2 Å². The SMILES string of the molecule is Cc1nnc(C2COCCN2S(=O)(=O)c2cc(C#N)ccc2Cl)o1. The Morgan fingerprint density at radius 1 is 1.42 bits per heavy atom. The third-order valence-electron chi connectivity index (χ3n) is 3.55. The summed E-state index contributed by atoms with van der Waals surface area (Å²) in [6.07, 6.45) is 0. The molecule has 1 aromatic carbocycles. The molecule has 126 valence electrons. The molecule has 2 heterocycles. The molecule has 1 atom stereocenters. The van der Waals surface area contributed by atoms with Gasteiger partial charge in [0, 0.05) is 13.5 Å². The molecule has 10 heteroatoms. The first kappa shape index (κ1) is 16.9. The van der Waals surface area contributed by atoms with E-state index in [1.807, 2.05) is 6.07 Å². The number of rotatable bonds is 3. The molecule has 3 rings (SSSR count). The number of aryl methyl sites for hydroxylation is 1. The molecule has 0 bridgehead atoms. The van der Waals surface area contributed by atoms with Gasteiger partial charge in [-0.3, -0.25) is 0 Å². The molecule has 0 N–H and O–H groups in total. The molecule has 1 aromatic heterocycles. The number of benzene rings is 1. The molecule has 1 fully saturated rings. The number of aromatic nitrogens is 2. The van der Waals surface area contributed by atoms with Crippen LogP contribution in [0.4, 0.5) is 0 Å². The zero-order chi connectivity index (χ0) is 17.3. The van der Waals surface area contributed by atoms with Crippen LogP contribution in [0.1, 0.15) is 23.4 Å². The average molecular weight is 369 g/mol. The second kappa shape index (κ2) is 6.49. The molecule has 0 aliphatic carbocycles. The van der Waals surface area contributed by atoms with Crippen molar-refractivity contribution in [3.8, 4) is 6.07 Å². The summed E-state index contributed by atoms with van der Waals surface area (Å²) in [6.45, 7) is 2.06. The number of hydrogen-bond donors (Lipinski definition) is 0. The van der Waals surface area contributed by atoms with Crippen molar-refractivity contribution in [1.29, 1.82) is 5.26 Å². The summed E-state index contributed by atoms with van der Waals surface area (Å²) in [5.41, 5.74) is 0.205. The molecule has 0 radical (unpaired) electrons. The van der Waals surface area contributed by atoms with E-state index in [0.29, 0.717) is 5.89 Å². The van der Waals surface area contributed by atoms with E-state index >= 15 is 0 Å². The number of halogens is 1. The highest BCUT2D eigenvalue weighted by Crippen LogP contribution is 2.33. The first-order chi connectivity index (χ1) is 11.4. The summed E-state index contributed by atoms with van der Waals surface area (Å²) < 4.78 is 38.0. The van der Waals surface area contributed by atoms with Gasteiger partial charge in [0.25, 0.3) is 0 Å². The first-order valence-corrected chi connectivity index (χ1v) is 8.84. The monoisotopic (exact) mass is 368 g/mol. The minimum Gasteiger partial charge on any atom is -0.424 e. The zero-order valence-electron chi connectivity index (χ0n) is 12.6. The molecular weight excluding hydrogens is 356 g/mol. The fourth-order valence-corrected chi connectivity index (χ4v) is 4.47. The minimum absolute atomic E-state index is 0.0425. The minimum atomic E-state index is -3.97. The van der Waals surface area contributed by atoms with Crippen molar-refractivity contribution in [3.63, 3.8) is 0 Å². The van der Waals surface area contributed by atoms with Crippen molar-refractivity contribution in [1.82, 2.24) is 14.5 Å². The van der Waals surface area contributed by atoms with E-state index in [1.54, 1.807) is 6.92 Å². The van der Waals surface area contributed by atoms with Gasteiger partial charge < -0.3 is 9.15 Å². The van der Waals surface area contributed by atoms with E-state index < -0.39 is 16.1 Å². The van der Waals surface area contributed by atoms with Gasteiger partial charge in [-0.2, -0.15) is 9.57 Å². The number of ether oxygens (including phenoxy) is 1. The van der Waals surface area contributed by atoms with Crippen LogP contribution < -0.4 is 0 Å². The second-order valence-electron chi connectivity index (χ2n) is 5.12. The highest BCUT2D eigenvalue weighted by molar-refractivity contribution is 7.89. The Balaban J connectivity index is 2.05. The number of nitrogens with zero attached hydrogens (tertiary/aromatic N) is 4. The summed E-state index contributed by atoms with van der Waals surface area (Å²) in [6, 6.07) is 5.26. The number of hydrogen-bond acceptors (Lipinski definition) is 7. The molecule has 1 aliphatic heterocycles. The lowest BCUT2D eigenvalue weighted by Gasteiger charge is -2.32. The smallest absolute Gasteiger partial charge is 0.245 e. The maximum Gasteiger partial charge on any atom is 0.245 e. The van der Waals surface area contributed by atoms with E-state index in [9.17, 15) is 8.42 Å². The molecule has 8 nitrogen and oxygen atoms in total. The van der Waals surface area contributed by atoms with E-state index in [-0.39, 0.29) is 41.1 Å². The fraction of sp³-hybridized carbons (Fsp3) is 0.357. The molecule has 2 aromatic rings. The van der Waals surface area contributed by atoms with Crippen molar-refractivity contribution in [2.24, 2.45) is 0 Å². The topological polar surface area (TPSA) is 109 Å². The molecule has 1 unspecified atom stereocenters. The summed E-state index contributed by atoms with van der Waals surface area (Å²) >= 11 is 6.06. The van der Waals surface area contributed by atoms with Crippen LogP contribution in [0, 0.1) is 18.3 Å². The van der Waals surface area contributed by atoms with Crippen LogP contribution in [-0.2, 0) is 14.8 Å². The first-order valence-electron chi connectivity index (χ1n) is 7.02. The van der Waals surface area contributed by atoms with E-state index in [4.69, 9.17) is 26.0 Å². The molecule has 1 aliphatic rings. The van der Waals surface area contributed by atoms with Crippen LogP contribution in [0.2, 0.25) is 5.02 Å². The lowest BCUT2D eigenvalue weighted by molar-refractivity contribution is 0.0221. The van der Waals surface area contributed by atoms with Crippen LogP contribution in [-0.4, -0.2) is 42.7 Å².